The number of likely N-dealkylation sites (tertiary alicyclic amines) is 1. The first-order valence-corrected chi connectivity index (χ1v) is 11.2. The third-order valence-corrected chi connectivity index (χ3v) is 6.05. The van der Waals surface area contributed by atoms with Crippen LogP contribution in [0.4, 0.5) is 0 Å². The lowest BCUT2D eigenvalue weighted by Gasteiger charge is -2.32. The Hall–Kier alpha value is -3.65. The Morgan fingerprint density at radius 1 is 0.970 bits per heavy atom. The molecule has 4 aromatic rings. The van der Waals surface area contributed by atoms with Gasteiger partial charge in [-0.15, -0.1) is 0 Å². The minimum Gasteiger partial charge on any atom is -0.299 e. The topological polar surface area (TPSA) is 81.7 Å². The molecule has 5 rings (SSSR count). The number of Topliss-reactive ketones (excluding diaryl/α,β-unsaturated/α-hetero) is 1. The third-order valence-electron chi connectivity index (χ3n) is 6.05. The molecule has 1 aromatic carbocycles. The van der Waals surface area contributed by atoms with E-state index in [4.69, 9.17) is 0 Å². The molecule has 0 saturated carbocycles. The van der Waals surface area contributed by atoms with Crippen molar-refractivity contribution in [3.8, 4) is 33.6 Å². The van der Waals surface area contributed by atoms with Crippen LogP contribution in [-0.4, -0.2) is 59.8 Å². The van der Waals surface area contributed by atoms with Gasteiger partial charge >= 0.3 is 0 Å². The molecule has 1 fully saturated rings. The Labute approximate surface area is 192 Å². The fraction of sp³-hybridized carbons (Fsp3) is 0.320. The lowest BCUT2D eigenvalue weighted by molar-refractivity contribution is -0.118. The van der Waals surface area contributed by atoms with E-state index in [1.807, 2.05) is 54.8 Å². The van der Waals surface area contributed by atoms with Crippen molar-refractivity contribution in [2.45, 2.75) is 25.8 Å². The fourth-order valence-corrected chi connectivity index (χ4v) is 4.43. The predicted molar refractivity (Wildman–Crippen MR) is 126 cm³/mol. The summed E-state index contributed by atoms with van der Waals surface area (Å²) in [4.78, 5) is 22.9. The molecule has 1 aliphatic heterocycles. The molecule has 8 heteroatoms. The van der Waals surface area contributed by atoms with E-state index in [2.05, 4.69) is 43.4 Å². The molecule has 0 aliphatic carbocycles. The molecule has 1 unspecified atom stereocenters. The maximum absolute atomic E-state index is 11.5. The molecule has 1 atom stereocenters. The Morgan fingerprint density at radius 3 is 2.48 bits per heavy atom. The number of hydrogen-bond donors (Lipinski definition) is 0. The average Bonchev–Trinajstić information content (AvgIpc) is 3.49. The summed E-state index contributed by atoms with van der Waals surface area (Å²) >= 11 is 0. The van der Waals surface area contributed by atoms with Crippen LogP contribution in [0, 0.1) is 0 Å². The molecule has 168 valence electrons. The molecule has 4 heterocycles. The smallest absolute Gasteiger partial charge is 0.159 e. The molecule has 0 N–H and O–H groups in total. The largest absolute Gasteiger partial charge is 0.299 e. The van der Waals surface area contributed by atoms with Crippen molar-refractivity contribution >= 4 is 5.78 Å². The van der Waals surface area contributed by atoms with Gasteiger partial charge < -0.3 is 0 Å². The molecule has 0 amide bonds. The van der Waals surface area contributed by atoms with E-state index < -0.39 is 0 Å². The van der Waals surface area contributed by atoms with Gasteiger partial charge in [0.05, 0.1) is 25.0 Å². The summed E-state index contributed by atoms with van der Waals surface area (Å²) in [6, 6.07) is 8.45. The van der Waals surface area contributed by atoms with E-state index in [1.165, 1.54) is 0 Å². The summed E-state index contributed by atoms with van der Waals surface area (Å²) < 4.78 is 3.81. The van der Waals surface area contributed by atoms with Crippen molar-refractivity contribution in [2.24, 2.45) is 7.05 Å². The molecule has 3 aromatic heterocycles. The number of carbonyl (C=O) groups is 1. The van der Waals surface area contributed by atoms with Crippen LogP contribution >= 0.6 is 0 Å². The fourth-order valence-electron chi connectivity index (χ4n) is 4.43. The molecule has 0 spiro atoms. The zero-order valence-electron chi connectivity index (χ0n) is 18.9. The highest BCUT2D eigenvalue weighted by atomic mass is 16.1. The molecular formula is C25H27N7O. The first kappa shape index (κ1) is 21.2. The van der Waals surface area contributed by atoms with Crippen LogP contribution in [0.1, 0.15) is 25.8 Å². The van der Waals surface area contributed by atoms with E-state index in [1.54, 1.807) is 11.6 Å². The second kappa shape index (κ2) is 9.07. The number of aryl methyl sites for hydroxylation is 1. The number of rotatable bonds is 6. The van der Waals surface area contributed by atoms with E-state index >= 15 is 0 Å². The van der Waals surface area contributed by atoms with Gasteiger partial charge in [0, 0.05) is 60.6 Å². The number of hydrogen-bond acceptors (Lipinski definition) is 6. The normalized spacial score (nSPS) is 16.7. The minimum atomic E-state index is 0.208. The summed E-state index contributed by atoms with van der Waals surface area (Å²) in [7, 11) is 1.91. The number of nitrogens with zero attached hydrogens (tertiary/aromatic N) is 7. The number of carbonyl (C=O) groups excluding carboxylic acids is 1. The Kier molecular flexibility index (Phi) is 5.83. The van der Waals surface area contributed by atoms with E-state index in [0.717, 1.165) is 53.7 Å². The van der Waals surface area contributed by atoms with Gasteiger partial charge in [0.2, 0.25) is 0 Å². The van der Waals surface area contributed by atoms with E-state index in [-0.39, 0.29) is 11.8 Å². The van der Waals surface area contributed by atoms with E-state index in [9.17, 15) is 4.79 Å². The van der Waals surface area contributed by atoms with Crippen molar-refractivity contribution in [2.75, 3.05) is 19.6 Å². The van der Waals surface area contributed by atoms with Crippen molar-refractivity contribution in [3.63, 3.8) is 0 Å². The van der Waals surface area contributed by atoms with Crippen LogP contribution in [-0.2, 0) is 11.8 Å². The van der Waals surface area contributed by atoms with Crippen LogP contribution in [0.15, 0.2) is 61.4 Å². The average molecular weight is 442 g/mol. The Balaban J connectivity index is 1.32. The van der Waals surface area contributed by atoms with Gasteiger partial charge in [-0.05, 0) is 37.9 Å². The Morgan fingerprint density at radius 2 is 1.73 bits per heavy atom. The minimum absolute atomic E-state index is 0.208. The summed E-state index contributed by atoms with van der Waals surface area (Å²) in [5.41, 5.74) is 5.04. The summed E-state index contributed by atoms with van der Waals surface area (Å²) in [5, 5.41) is 8.85. The number of aromatic nitrogens is 6. The standard InChI is InChI=1S/C25H27N7O/c1-18(33)14-31-8-4-7-24(17-31)32-16-23(13-29-32)21-10-26-25(27-11-21)20-6-3-5-19(9-20)22-12-28-30(2)15-22/h3,5-6,9-13,15-16,24H,4,7-8,14,17H2,1-2H3. The van der Waals surface area contributed by atoms with Crippen molar-refractivity contribution in [3.05, 3.63) is 61.4 Å². The zero-order valence-corrected chi connectivity index (χ0v) is 18.9. The first-order chi connectivity index (χ1) is 16.0. The van der Waals surface area contributed by atoms with Gasteiger partial charge in [0.15, 0.2) is 5.82 Å². The highest BCUT2D eigenvalue weighted by Gasteiger charge is 2.22. The van der Waals surface area contributed by atoms with Crippen molar-refractivity contribution in [1.82, 2.24) is 34.4 Å². The van der Waals surface area contributed by atoms with Gasteiger partial charge in [-0.2, -0.15) is 10.2 Å². The van der Waals surface area contributed by atoms with Crippen LogP contribution < -0.4 is 0 Å². The molecule has 1 aliphatic rings. The second-order valence-electron chi connectivity index (χ2n) is 8.72. The summed E-state index contributed by atoms with van der Waals surface area (Å²) in [6.07, 6.45) is 13.6. The van der Waals surface area contributed by atoms with Crippen LogP contribution in [0.3, 0.4) is 0 Å². The summed E-state index contributed by atoms with van der Waals surface area (Å²) in [5.74, 6) is 0.893. The molecule has 1 saturated heterocycles. The van der Waals surface area contributed by atoms with Crippen LogP contribution in [0.2, 0.25) is 0 Å². The van der Waals surface area contributed by atoms with Gasteiger partial charge in [-0.25, -0.2) is 9.97 Å². The van der Waals surface area contributed by atoms with Crippen molar-refractivity contribution < 1.29 is 4.79 Å². The van der Waals surface area contributed by atoms with Crippen LogP contribution in [0.5, 0.6) is 0 Å². The van der Waals surface area contributed by atoms with E-state index in [0.29, 0.717) is 12.4 Å². The van der Waals surface area contributed by atoms with Gasteiger partial charge in [0.1, 0.15) is 5.78 Å². The Bertz CT molecular complexity index is 1260. The maximum atomic E-state index is 11.5. The number of piperidine rings is 1. The highest BCUT2D eigenvalue weighted by molar-refractivity contribution is 5.77. The monoisotopic (exact) mass is 441 g/mol. The molecule has 0 bridgehead atoms. The van der Waals surface area contributed by atoms with Crippen molar-refractivity contribution in [1.29, 1.82) is 0 Å². The molecular weight excluding hydrogens is 414 g/mol. The molecule has 0 radical (unpaired) electrons. The number of ketones is 1. The van der Waals surface area contributed by atoms with Gasteiger partial charge in [-0.3, -0.25) is 19.1 Å². The SMILES string of the molecule is CC(=O)CN1CCCC(n2cc(-c3cnc(-c4cccc(-c5cnn(C)c5)c4)nc3)cn2)C1. The summed E-state index contributed by atoms with van der Waals surface area (Å²) in [6.45, 7) is 3.99. The predicted octanol–water partition coefficient (Wildman–Crippen LogP) is 3.63. The third kappa shape index (κ3) is 4.75. The lowest BCUT2D eigenvalue weighted by atomic mass is 10.1. The zero-order chi connectivity index (χ0) is 22.8. The second-order valence-corrected chi connectivity index (χ2v) is 8.72. The molecule has 8 nitrogen and oxygen atoms in total. The van der Waals surface area contributed by atoms with Gasteiger partial charge in [-0.1, -0.05) is 18.2 Å². The molecule has 33 heavy (non-hydrogen) atoms. The maximum Gasteiger partial charge on any atom is 0.159 e. The highest BCUT2D eigenvalue weighted by Crippen LogP contribution is 2.27. The first-order valence-electron chi connectivity index (χ1n) is 11.2. The number of benzene rings is 1. The quantitative estimate of drug-likeness (QED) is 0.454. The van der Waals surface area contributed by atoms with Crippen LogP contribution in [0.25, 0.3) is 33.6 Å². The van der Waals surface area contributed by atoms with Gasteiger partial charge in [0.25, 0.3) is 0 Å². The lowest BCUT2D eigenvalue weighted by Crippen LogP contribution is -2.39.